The molecule has 2 aromatic heterocycles. The zero-order valence-corrected chi connectivity index (χ0v) is 10.0. The first-order chi connectivity index (χ1) is 8.27. The molecule has 0 aliphatic rings. The van der Waals surface area contributed by atoms with Crippen molar-refractivity contribution in [2.24, 2.45) is 7.05 Å². The number of H-pyrrole nitrogens is 1. The summed E-state index contributed by atoms with van der Waals surface area (Å²) in [6.45, 7) is 0. The third-order valence-corrected chi connectivity index (χ3v) is 3.13. The SMILES string of the molecule is Cn1c(-c2ccnc3ccccc23)n[nH]c1=S. The molecular weight excluding hydrogens is 232 g/mol. The first-order valence-electron chi connectivity index (χ1n) is 5.23. The molecule has 5 heteroatoms. The summed E-state index contributed by atoms with van der Waals surface area (Å²) < 4.78 is 2.47. The van der Waals surface area contributed by atoms with Crippen LogP contribution in [0.5, 0.6) is 0 Å². The quantitative estimate of drug-likeness (QED) is 0.667. The van der Waals surface area contributed by atoms with Crippen LogP contribution in [-0.2, 0) is 7.05 Å². The molecule has 3 rings (SSSR count). The molecule has 0 aliphatic heterocycles. The third kappa shape index (κ3) is 1.55. The van der Waals surface area contributed by atoms with Crippen LogP contribution in [0.2, 0.25) is 0 Å². The van der Waals surface area contributed by atoms with Gasteiger partial charge in [-0.25, -0.2) is 0 Å². The second-order valence-electron chi connectivity index (χ2n) is 3.79. The number of pyridine rings is 1. The van der Waals surface area contributed by atoms with Gasteiger partial charge in [0.1, 0.15) is 0 Å². The van der Waals surface area contributed by atoms with Gasteiger partial charge in [-0.05, 0) is 24.4 Å². The van der Waals surface area contributed by atoms with Crippen molar-refractivity contribution in [3.05, 3.63) is 41.3 Å². The minimum Gasteiger partial charge on any atom is -0.303 e. The van der Waals surface area contributed by atoms with Crippen LogP contribution in [0.1, 0.15) is 0 Å². The van der Waals surface area contributed by atoms with E-state index in [1.807, 2.05) is 41.9 Å². The lowest BCUT2D eigenvalue weighted by Crippen LogP contribution is -1.94. The lowest BCUT2D eigenvalue weighted by molar-refractivity contribution is 0.902. The van der Waals surface area contributed by atoms with Crippen molar-refractivity contribution in [3.63, 3.8) is 0 Å². The van der Waals surface area contributed by atoms with Crippen LogP contribution in [0.4, 0.5) is 0 Å². The molecule has 1 aromatic carbocycles. The first kappa shape index (κ1) is 10.2. The summed E-state index contributed by atoms with van der Waals surface area (Å²) in [6.07, 6.45) is 1.79. The average Bonchev–Trinajstić information content (AvgIpc) is 2.69. The van der Waals surface area contributed by atoms with Crippen LogP contribution >= 0.6 is 12.2 Å². The highest BCUT2D eigenvalue weighted by Crippen LogP contribution is 2.25. The van der Waals surface area contributed by atoms with Crippen LogP contribution in [0.15, 0.2) is 36.5 Å². The van der Waals surface area contributed by atoms with Gasteiger partial charge in [0.25, 0.3) is 0 Å². The number of benzene rings is 1. The Kier molecular flexibility index (Phi) is 2.26. The van der Waals surface area contributed by atoms with E-state index < -0.39 is 0 Å². The Bertz CT molecular complexity index is 736. The number of para-hydroxylation sites is 1. The highest BCUT2D eigenvalue weighted by atomic mass is 32.1. The Hall–Kier alpha value is -2.01. The van der Waals surface area contributed by atoms with E-state index in [0.717, 1.165) is 22.3 Å². The predicted octanol–water partition coefficient (Wildman–Crippen LogP) is 2.69. The molecule has 0 unspecified atom stereocenters. The van der Waals surface area contributed by atoms with Crippen LogP contribution in [0, 0.1) is 4.77 Å². The molecule has 0 saturated heterocycles. The van der Waals surface area contributed by atoms with Gasteiger partial charge in [-0.2, -0.15) is 5.10 Å². The number of aromatic amines is 1. The standard InChI is InChI=1S/C12H10N4S/c1-16-11(14-15-12(16)17)9-6-7-13-10-5-3-2-4-8(9)10/h2-7H,1H3,(H,15,17). The second kappa shape index (κ2) is 3.78. The molecule has 0 atom stereocenters. The predicted molar refractivity (Wildman–Crippen MR) is 69.1 cm³/mol. The zero-order chi connectivity index (χ0) is 11.8. The molecule has 2 heterocycles. The summed E-state index contributed by atoms with van der Waals surface area (Å²) >= 11 is 5.13. The van der Waals surface area contributed by atoms with E-state index >= 15 is 0 Å². The fourth-order valence-corrected chi connectivity index (χ4v) is 2.01. The number of nitrogens with zero attached hydrogens (tertiary/aromatic N) is 3. The lowest BCUT2D eigenvalue weighted by Gasteiger charge is -2.04. The molecule has 4 nitrogen and oxygen atoms in total. The maximum atomic E-state index is 5.13. The minimum absolute atomic E-state index is 0.612. The molecule has 0 fully saturated rings. The largest absolute Gasteiger partial charge is 0.303 e. The van der Waals surface area contributed by atoms with Gasteiger partial charge < -0.3 is 4.57 Å². The molecule has 1 N–H and O–H groups in total. The van der Waals surface area contributed by atoms with Gasteiger partial charge in [0.2, 0.25) is 0 Å². The fourth-order valence-electron chi connectivity index (χ4n) is 1.88. The van der Waals surface area contributed by atoms with Crippen molar-refractivity contribution in [1.29, 1.82) is 0 Å². The molecule has 0 spiro atoms. The monoisotopic (exact) mass is 242 g/mol. The highest BCUT2D eigenvalue weighted by Gasteiger charge is 2.09. The van der Waals surface area contributed by atoms with Crippen molar-refractivity contribution in [1.82, 2.24) is 19.7 Å². The second-order valence-corrected chi connectivity index (χ2v) is 4.17. The average molecular weight is 242 g/mol. The van der Waals surface area contributed by atoms with Gasteiger partial charge in [0.05, 0.1) is 5.52 Å². The van der Waals surface area contributed by atoms with E-state index in [-0.39, 0.29) is 0 Å². The highest BCUT2D eigenvalue weighted by molar-refractivity contribution is 7.71. The van der Waals surface area contributed by atoms with Gasteiger partial charge in [-0.1, -0.05) is 18.2 Å². The number of rotatable bonds is 1. The van der Waals surface area contributed by atoms with E-state index in [1.54, 1.807) is 6.20 Å². The molecule has 0 saturated carbocycles. The summed E-state index contributed by atoms with van der Waals surface area (Å²) in [6, 6.07) is 9.94. The summed E-state index contributed by atoms with van der Waals surface area (Å²) in [5.41, 5.74) is 1.99. The van der Waals surface area contributed by atoms with Gasteiger partial charge in [-0.15, -0.1) is 0 Å². The van der Waals surface area contributed by atoms with E-state index in [9.17, 15) is 0 Å². The van der Waals surface area contributed by atoms with Crippen LogP contribution in [0.25, 0.3) is 22.3 Å². The molecular formula is C12H10N4S. The van der Waals surface area contributed by atoms with E-state index in [4.69, 9.17) is 12.2 Å². The van der Waals surface area contributed by atoms with Crippen molar-refractivity contribution in [2.75, 3.05) is 0 Å². The molecule has 0 aliphatic carbocycles. The Morgan fingerprint density at radius 3 is 2.82 bits per heavy atom. The molecule has 0 amide bonds. The summed E-state index contributed by atoms with van der Waals surface area (Å²) in [7, 11) is 1.90. The molecule has 0 radical (unpaired) electrons. The molecule has 0 bridgehead atoms. The molecule has 3 aromatic rings. The first-order valence-corrected chi connectivity index (χ1v) is 5.64. The lowest BCUT2D eigenvalue weighted by atomic mass is 10.1. The Morgan fingerprint density at radius 1 is 1.24 bits per heavy atom. The van der Waals surface area contributed by atoms with E-state index in [1.165, 1.54) is 0 Å². The normalized spacial score (nSPS) is 10.9. The molecule has 17 heavy (non-hydrogen) atoms. The topological polar surface area (TPSA) is 46.5 Å². The Labute approximate surface area is 103 Å². The van der Waals surface area contributed by atoms with Crippen molar-refractivity contribution in [2.45, 2.75) is 0 Å². The van der Waals surface area contributed by atoms with Crippen molar-refractivity contribution in [3.8, 4) is 11.4 Å². The number of hydrogen-bond acceptors (Lipinski definition) is 3. The van der Waals surface area contributed by atoms with E-state index in [2.05, 4.69) is 15.2 Å². The summed E-state index contributed by atoms with van der Waals surface area (Å²) in [5.74, 6) is 0.827. The maximum Gasteiger partial charge on any atom is 0.195 e. The van der Waals surface area contributed by atoms with Gasteiger partial charge in [0.15, 0.2) is 10.6 Å². The third-order valence-electron chi connectivity index (χ3n) is 2.77. The smallest absolute Gasteiger partial charge is 0.195 e. The van der Waals surface area contributed by atoms with E-state index in [0.29, 0.717) is 4.77 Å². The Balaban J connectivity index is 2.38. The zero-order valence-electron chi connectivity index (χ0n) is 9.21. The molecule has 84 valence electrons. The van der Waals surface area contributed by atoms with Gasteiger partial charge in [0, 0.05) is 24.2 Å². The number of aromatic nitrogens is 4. The van der Waals surface area contributed by atoms with Crippen molar-refractivity contribution >= 4 is 23.1 Å². The minimum atomic E-state index is 0.612. The fraction of sp³-hybridized carbons (Fsp3) is 0.0833. The summed E-state index contributed by atoms with van der Waals surface area (Å²) in [4.78, 5) is 4.33. The van der Waals surface area contributed by atoms with Gasteiger partial charge >= 0.3 is 0 Å². The van der Waals surface area contributed by atoms with Crippen LogP contribution in [0.3, 0.4) is 0 Å². The Morgan fingerprint density at radius 2 is 2.06 bits per heavy atom. The van der Waals surface area contributed by atoms with Gasteiger partial charge in [-0.3, -0.25) is 10.1 Å². The summed E-state index contributed by atoms with van der Waals surface area (Å²) in [5, 5.41) is 8.13. The number of nitrogens with one attached hydrogen (secondary N) is 1. The van der Waals surface area contributed by atoms with Crippen molar-refractivity contribution < 1.29 is 0 Å². The number of fused-ring (bicyclic) bond motifs is 1. The van der Waals surface area contributed by atoms with Crippen LogP contribution < -0.4 is 0 Å². The number of hydrogen-bond donors (Lipinski definition) is 1. The van der Waals surface area contributed by atoms with Crippen LogP contribution in [-0.4, -0.2) is 19.7 Å². The maximum absolute atomic E-state index is 5.13.